The van der Waals surface area contributed by atoms with Crippen molar-refractivity contribution in [1.29, 1.82) is 0 Å². The number of hydrogen-bond donors (Lipinski definition) is 1. The van der Waals surface area contributed by atoms with Crippen LogP contribution in [0.2, 0.25) is 0 Å². The summed E-state index contributed by atoms with van der Waals surface area (Å²) in [4.78, 5) is 30.9. The quantitative estimate of drug-likeness (QED) is 0.160. The minimum Gasteiger partial charge on any atom is -0.502 e. The number of nitrogens with zero attached hydrogens (tertiary/aromatic N) is 3. The van der Waals surface area contributed by atoms with Crippen molar-refractivity contribution in [3.63, 3.8) is 0 Å². The van der Waals surface area contributed by atoms with Crippen LogP contribution in [0.25, 0.3) is 0 Å². The molecule has 0 aromatic heterocycles. The van der Waals surface area contributed by atoms with E-state index in [2.05, 4.69) is 6.92 Å². The Balaban J connectivity index is 2.50. The number of rotatable bonds is 17. The maximum Gasteiger partial charge on any atom is 0.356 e. The molecule has 0 unspecified atom stereocenters. The first-order valence-corrected chi connectivity index (χ1v) is 11.1. The largest absolute Gasteiger partial charge is 0.502 e. The predicted molar refractivity (Wildman–Crippen MR) is 117 cm³/mol. The Morgan fingerprint density at radius 3 is 1.48 bits per heavy atom. The van der Waals surface area contributed by atoms with Gasteiger partial charge in [-0.15, -0.1) is 0 Å². The lowest BCUT2D eigenvalue weighted by molar-refractivity contribution is -0.425. The molecule has 0 saturated heterocycles. The van der Waals surface area contributed by atoms with Crippen molar-refractivity contribution in [2.75, 3.05) is 0 Å². The van der Waals surface area contributed by atoms with Gasteiger partial charge in [0.25, 0.3) is 0 Å². The van der Waals surface area contributed by atoms with Crippen LogP contribution in [0.3, 0.4) is 0 Å². The second kappa shape index (κ2) is 14.3. The maximum absolute atomic E-state index is 11.4. The fourth-order valence-corrected chi connectivity index (χ4v) is 3.79. The molecule has 1 N–H and O–H groups in total. The van der Waals surface area contributed by atoms with Gasteiger partial charge in [0, 0.05) is 0 Å². The standard InChI is InChI=1S/C21H33N3O7/c1-2-3-4-5-6-7-8-9-10-11-12-13-14-15-17-20(23(28)29)18(22(26)27)16-19(25)21(17)24(30)31/h16,25H,2-15H2,1H3. The van der Waals surface area contributed by atoms with Gasteiger partial charge in [-0.2, -0.15) is 0 Å². The highest BCUT2D eigenvalue weighted by Gasteiger charge is 2.37. The van der Waals surface area contributed by atoms with Gasteiger partial charge in [0.2, 0.25) is 5.75 Å². The monoisotopic (exact) mass is 439 g/mol. The third-order valence-corrected chi connectivity index (χ3v) is 5.42. The molecule has 1 rings (SSSR count). The molecule has 1 aromatic carbocycles. The normalized spacial score (nSPS) is 10.9. The molecule has 0 aliphatic heterocycles. The third kappa shape index (κ3) is 8.85. The summed E-state index contributed by atoms with van der Waals surface area (Å²) in [6.07, 6.45) is 14.2. The van der Waals surface area contributed by atoms with Crippen LogP contribution >= 0.6 is 0 Å². The number of aromatic hydroxyl groups is 1. The zero-order valence-electron chi connectivity index (χ0n) is 18.2. The Kier molecular flexibility index (Phi) is 12.1. The van der Waals surface area contributed by atoms with E-state index in [4.69, 9.17) is 0 Å². The second-order valence-electron chi connectivity index (χ2n) is 7.85. The molecular formula is C21H33N3O7. The minimum atomic E-state index is -1.01. The summed E-state index contributed by atoms with van der Waals surface area (Å²) in [5.41, 5.74) is -3.05. The molecule has 0 spiro atoms. The first kappa shape index (κ1) is 26.3. The first-order valence-electron chi connectivity index (χ1n) is 11.1. The Labute approximate surface area is 182 Å². The number of nitro groups is 3. The van der Waals surface area contributed by atoms with Crippen LogP contribution in [0.4, 0.5) is 17.1 Å². The van der Waals surface area contributed by atoms with E-state index in [9.17, 15) is 35.4 Å². The second-order valence-corrected chi connectivity index (χ2v) is 7.85. The molecule has 0 radical (unpaired) electrons. The van der Waals surface area contributed by atoms with E-state index in [0.29, 0.717) is 18.9 Å². The smallest absolute Gasteiger partial charge is 0.356 e. The zero-order valence-corrected chi connectivity index (χ0v) is 18.2. The highest BCUT2D eigenvalue weighted by molar-refractivity contribution is 5.71. The van der Waals surface area contributed by atoms with Crippen molar-refractivity contribution in [3.05, 3.63) is 42.0 Å². The summed E-state index contributed by atoms with van der Waals surface area (Å²) in [5.74, 6) is -0.924. The van der Waals surface area contributed by atoms with Gasteiger partial charge in [0.15, 0.2) is 0 Å². The molecule has 1 aromatic rings. The molecule has 31 heavy (non-hydrogen) atoms. The lowest BCUT2D eigenvalue weighted by atomic mass is 10.00. The molecule has 0 fully saturated rings. The van der Waals surface area contributed by atoms with Crippen LogP contribution in [0.15, 0.2) is 6.07 Å². The fraction of sp³-hybridized carbons (Fsp3) is 0.714. The molecule has 0 amide bonds. The summed E-state index contributed by atoms with van der Waals surface area (Å²) in [5, 5.41) is 43.6. The topological polar surface area (TPSA) is 150 Å². The molecule has 10 heteroatoms. The predicted octanol–water partition coefficient (Wildman–Crippen LogP) is 6.75. The van der Waals surface area contributed by atoms with Crippen LogP contribution in [0.1, 0.15) is 96.0 Å². The lowest BCUT2D eigenvalue weighted by Crippen LogP contribution is -2.05. The van der Waals surface area contributed by atoms with Crippen LogP contribution < -0.4 is 0 Å². The number of benzene rings is 1. The van der Waals surface area contributed by atoms with Gasteiger partial charge in [-0.1, -0.05) is 84.0 Å². The first-order chi connectivity index (χ1) is 14.8. The van der Waals surface area contributed by atoms with E-state index in [1.54, 1.807) is 0 Å². The summed E-state index contributed by atoms with van der Waals surface area (Å²) in [6.45, 7) is 2.20. The van der Waals surface area contributed by atoms with E-state index < -0.39 is 37.6 Å². The van der Waals surface area contributed by atoms with Crippen molar-refractivity contribution < 1.29 is 19.9 Å². The number of unbranched alkanes of at least 4 members (excludes halogenated alkanes) is 12. The maximum atomic E-state index is 11.4. The molecule has 0 bridgehead atoms. The summed E-state index contributed by atoms with van der Waals surface area (Å²) in [6, 6.07) is 0.476. The summed E-state index contributed by atoms with van der Waals surface area (Å²) < 4.78 is 0. The van der Waals surface area contributed by atoms with Gasteiger partial charge in [-0.3, -0.25) is 30.3 Å². The van der Waals surface area contributed by atoms with Gasteiger partial charge in [-0.05, 0) is 12.8 Å². The van der Waals surface area contributed by atoms with Crippen LogP contribution in [-0.2, 0) is 6.42 Å². The molecule has 0 aliphatic rings. The molecule has 0 atom stereocenters. The zero-order chi connectivity index (χ0) is 23.2. The van der Waals surface area contributed by atoms with Crippen molar-refractivity contribution in [2.24, 2.45) is 0 Å². The average Bonchev–Trinajstić information content (AvgIpc) is 2.70. The molecule has 0 aliphatic carbocycles. The van der Waals surface area contributed by atoms with Crippen LogP contribution in [0.5, 0.6) is 5.75 Å². The van der Waals surface area contributed by atoms with E-state index in [1.165, 1.54) is 51.4 Å². The van der Waals surface area contributed by atoms with Crippen molar-refractivity contribution in [3.8, 4) is 5.75 Å². The minimum absolute atomic E-state index is 0.0698. The van der Waals surface area contributed by atoms with E-state index in [1.807, 2.05) is 0 Å². The summed E-state index contributed by atoms with van der Waals surface area (Å²) in [7, 11) is 0. The third-order valence-electron chi connectivity index (χ3n) is 5.42. The molecule has 10 nitrogen and oxygen atoms in total. The van der Waals surface area contributed by atoms with E-state index in [-0.39, 0.29) is 12.0 Å². The molecule has 0 saturated carbocycles. The van der Waals surface area contributed by atoms with Gasteiger partial charge in [-0.25, -0.2) is 0 Å². The lowest BCUT2D eigenvalue weighted by Gasteiger charge is -2.07. The Bertz CT molecular complexity index is 753. The van der Waals surface area contributed by atoms with Crippen LogP contribution in [0, 0.1) is 30.3 Å². The Morgan fingerprint density at radius 1 is 0.677 bits per heavy atom. The summed E-state index contributed by atoms with van der Waals surface area (Å²) >= 11 is 0. The van der Waals surface area contributed by atoms with Gasteiger partial charge < -0.3 is 5.11 Å². The van der Waals surface area contributed by atoms with Crippen molar-refractivity contribution in [2.45, 2.75) is 96.8 Å². The molecule has 0 heterocycles. The SMILES string of the molecule is CCCCCCCCCCCCCCCc1c([N+](=O)[O-])c(O)cc([N+](=O)[O-])c1[N+](=O)[O-]. The number of hydrogen-bond acceptors (Lipinski definition) is 7. The highest BCUT2D eigenvalue weighted by atomic mass is 16.6. The number of nitro benzene ring substituents is 3. The molecular weight excluding hydrogens is 406 g/mol. The van der Waals surface area contributed by atoms with E-state index in [0.717, 1.165) is 19.3 Å². The Morgan fingerprint density at radius 2 is 1.10 bits per heavy atom. The number of phenols is 1. The molecule has 174 valence electrons. The fourth-order valence-electron chi connectivity index (χ4n) is 3.79. The highest BCUT2D eigenvalue weighted by Crippen LogP contribution is 2.43. The van der Waals surface area contributed by atoms with Gasteiger partial charge >= 0.3 is 17.1 Å². The van der Waals surface area contributed by atoms with Gasteiger partial charge in [0.05, 0.1) is 20.8 Å². The van der Waals surface area contributed by atoms with Crippen molar-refractivity contribution >= 4 is 17.1 Å². The van der Waals surface area contributed by atoms with E-state index >= 15 is 0 Å². The van der Waals surface area contributed by atoms with Gasteiger partial charge in [0.1, 0.15) is 5.56 Å². The Hall–Kier alpha value is -2.78. The van der Waals surface area contributed by atoms with Crippen LogP contribution in [-0.4, -0.2) is 19.9 Å². The average molecular weight is 440 g/mol. The number of phenolic OH excluding ortho intramolecular Hbond substituents is 1. The van der Waals surface area contributed by atoms with Crippen molar-refractivity contribution in [1.82, 2.24) is 0 Å².